The van der Waals surface area contributed by atoms with Crippen LogP contribution in [0.15, 0.2) is 0 Å². The van der Waals surface area contributed by atoms with Gasteiger partial charge in [-0.25, -0.2) is 5.90 Å². The van der Waals surface area contributed by atoms with E-state index in [4.69, 9.17) is 0 Å². The Balaban J connectivity index is 2.66. The lowest BCUT2D eigenvalue weighted by atomic mass is 10.1. The summed E-state index contributed by atoms with van der Waals surface area (Å²) in [6.07, 6.45) is -4.99. The van der Waals surface area contributed by atoms with Crippen molar-refractivity contribution in [1.82, 2.24) is 4.90 Å². The predicted molar refractivity (Wildman–Crippen MR) is 40.8 cm³/mol. The van der Waals surface area contributed by atoms with Gasteiger partial charge in [0.2, 0.25) is 0 Å². The third kappa shape index (κ3) is 2.32. The van der Waals surface area contributed by atoms with Crippen molar-refractivity contribution >= 4 is 0 Å². The molecule has 13 heavy (non-hydrogen) atoms. The van der Waals surface area contributed by atoms with Gasteiger partial charge in [0.25, 0.3) is 0 Å². The molecule has 1 aliphatic heterocycles. The lowest BCUT2D eigenvalue weighted by Crippen LogP contribution is -2.48. The van der Waals surface area contributed by atoms with Gasteiger partial charge in [0.05, 0.1) is 0 Å². The molecule has 1 rings (SSSR count). The van der Waals surface area contributed by atoms with Gasteiger partial charge in [-0.3, -0.25) is 4.84 Å². The second-order valence-corrected chi connectivity index (χ2v) is 3.29. The Morgan fingerprint density at radius 1 is 1.54 bits per heavy atom. The number of hydrogen-bond acceptors (Lipinski definition) is 3. The number of nitrogens with two attached hydrogens (primary N) is 1. The first-order valence-electron chi connectivity index (χ1n) is 4.09. The molecular formula is C7H13F3N2O. The molecule has 2 unspecified atom stereocenters. The molecule has 0 aliphatic carbocycles. The minimum absolute atomic E-state index is 0.484. The monoisotopic (exact) mass is 198 g/mol. The van der Waals surface area contributed by atoms with Crippen LogP contribution in [0.1, 0.15) is 12.8 Å². The number of alkyl halides is 3. The number of likely N-dealkylation sites (tertiary alicyclic amines) is 1. The molecule has 0 amide bonds. The van der Waals surface area contributed by atoms with Crippen LogP contribution >= 0.6 is 0 Å². The zero-order chi connectivity index (χ0) is 10.1. The highest BCUT2D eigenvalue weighted by molar-refractivity contribution is 4.87. The van der Waals surface area contributed by atoms with Gasteiger partial charge in [-0.15, -0.1) is 0 Å². The van der Waals surface area contributed by atoms with Crippen molar-refractivity contribution in [3.63, 3.8) is 0 Å². The summed E-state index contributed by atoms with van der Waals surface area (Å²) < 4.78 is 36.9. The topological polar surface area (TPSA) is 38.5 Å². The third-order valence-electron chi connectivity index (χ3n) is 2.40. The van der Waals surface area contributed by atoms with Crippen molar-refractivity contribution in [3.8, 4) is 0 Å². The summed E-state index contributed by atoms with van der Waals surface area (Å²) >= 11 is 0. The average Bonchev–Trinajstić information content (AvgIpc) is 2.35. The molecule has 2 N–H and O–H groups in total. The molecule has 1 saturated heterocycles. The molecule has 0 saturated carbocycles. The fourth-order valence-corrected chi connectivity index (χ4v) is 1.70. The van der Waals surface area contributed by atoms with Crippen LogP contribution in [-0.4, -0.2) is 36.8 Å². The van der Waals surface area contributed by atoms with Crippen LogP contribution in [0.25, 0.3) is 0 Å². The molecule has 0 radical (unpaired) electrons. The number of nitrogens with zero attached hydrogens (tertiary/aromatic N) is 1. The van der Waals surface area contributed by atoms with E-state index in [0.29, 0.717) is 13.0 Å². The minimum Gasteiger partial charge on any atom is -0.300 e. The molecule has 0 aromatic rings. The fourth-order valence-electron chi connectivity index (χ4n) is 1.70. The first kappa shape index (κ1) is 10.7. The quantitative estimate of drug-likeness (QED) is 0.670. The Kier molecular flexibility index (Phi) is 3.15. The molecule has 6 heteroatoms. The van der Waals surface area contributed by atoms with Gasteiger partial charge in [0.1, 0.15) is 0 Å². The van der Waals surface area contributed by atoms with Gasteiger partial charge in [-0.05, 0) is 26.4 Å². The van der Waals surface area contributed by atoms with Gasteiger partial charge in [0, 0.05) is 6.04 Å². The number of likely N-dealkylation sites (N-methyl/N-ethyl adjacent to an activating group) is 1. The Hall–Kier alpha value is -0.330. The van der Waals surface area contributed by atoms with Crippen LogP contribution in [0.5, 0.6) is 0 Å². The molecule has 0 aromatic heterocycles. The molecule has 0 spiro atoms. The van der Waals surface area contributed by atoms with Crippen LogP contribution < -0.4 is 5.90 Å². The fraction of sp³-hybridized carbons (Fsp3) is 1.00. The normalized spacial score (nSPS) is 27.9. The largest absolute Gasteiger partial charge is 0.418 e. The van der Waals surface area contributed by atoms with Crippen molar-refractivity contribution in [2.45, 2.75) is 31.2 Å². The molecule has 2 atom stereocenters. The second kappa shape index (κ2) is 3.81. The van der Waals surface area contributed by atoms with E-state index in [0.717, 1.165) is 6.42 Å². The summed E-state index contributed by atoms with van der Waals surface area (Å²) in [4.78, 5) is 5.63. The average molecular weight is 198 g/mol. The van der Waals surface area contributed by atoms with Crippen molar-refractivity contribution in [2.75, 3.05) is 13.6 Å². The molecular weight excluding hydrogens is 185 g/mol. The first-order chi connectivity index (χ1) is 5.96. The Bertz CT molecular complexity index is 174. The van der Waals surface area contributed by atoms with Gasteiger partial charge in [0.15, 0.2) is 6.10 Å². The van der Waals surface area contributed by atoms with Crippen LogP contribution in [0.3, 0.4) is 0 Å². The van der Waals surface area contributed by atoms with Crippen molar-refractivity contribution in [1.29, 1.82) is 0 Å². The van der Waals surface area contributed by atoms with Crippen LogP contribution in [0.2, 0.25) is 0 Å². The maximum atomic E-state index is 12.3. The lowest BCUT2D eigenvalue weighted by molar-refractivity contribution is -0.236. The maximum absolute atomic E-state index is 12.3. The van der Waals surface area contributed by atoms with Gasteiger partial charge >= 0.3 is 6.18 Å². The van der Waals surface area contributed by atoms with E-state index >= 15 is 0 Å². The number of hydrogen-bond donors (Lipinski definition) is 1. The zero-order valence-corrected chi connectivity index (χ0v) is 7.34. The Morgan fingerprint density at radius 2 is 2.15 bits per heavy atom. The van der Waals surface area contributed by atoms with E-state index in [1.165, 1.54) is 0 Å². The predicted octanol–water partition coefficient (Wildman–Crippen LogP) is 0.902. The number of rotatable bonds is 2. The van der Waals surface area contributed by atoms with Crippen molar-refractivity contribution in [3.05, 3.63) is 0 Å². The first-order valence-corrected chi connectivity index (χ1v) is 4.09. The molecule has 1 fully saturated rings. The van der Waals surface area contributed by atoms with E-state index in [-0.39, 0.29) is 0 Å². The Labute approximate surface area is 74.6 Å². The SMILES string of the molecule is CN1CCCC1C(ON)C(F)(F)F. The highest BCUT2D eigenvalue weighted by Crippen LogP contribution is 2.30. The summed E-state index contributed by atoms with van der Waals surface area (Å²) in [6.45, 7) is 0.667. The second-order valence-electron chi connectivity index (χ2n) is 3.29. The molecule has 0 bridgehead atoms. The third-order valence-corrected chi connectivity index (χ3v) is 2.40. The zero-order valence-electron chi connectivity index (χ0n) is 7.34. The van der Waals surface area contributed by atoms with Crippen molar-refractivity contribution in [2.24, 2.45) is 5.90 Å². The summed E-state index contributed by atoms with van der Waals surface area (Å²) in [7, 11) is 1.65. The highest BCUT2D eigenvalue weighted by atomic mass is 19.4. The van der Waals surface area contributed by atoms with Crippen molar-refractivity contribution < 1.29 is 18.0 Å². The Morgan fingerprint density at radius 3 is 2.46 bits per heavy atom. The van der Waals surface area contributed by atoms with Gasteiger partial charge in [-0.1, -0.05) is 0 Å². The maximum Gasteiger partial charge on any atom is 0.418 e. The van der Waals surface area contributed by atoms with E-state index in [1.807, 2.05) is 0 Å². The smallest absolute Gasteiger partial charge is 0.300 e. The minimum atomic E-state index is -4.38. The van der Waals surface area contributed by atoms with E-state index in [1.54, 1.807) is 11.9 Å². The van der Waals surface area contributed by atoms with Crippen LogP contribution in [0.4, 0.5) is 13.2 Å². The summed E-state index contributed by atoms with van der Waals surface area (Å²) in [5.41, 5.74) is 0. The summed E-state index contributed by atoms with van der Waals surface area (Å²) in [5.74, 6) is 4.65. The molecule has 0 aromatic carbocycles. The van der Waals surface area contributed by atoms with Crippen LogP contribution in [0, 0.1) is 0 Å². The van der Waals surface area contributed by atoms with E-state index in [2.05, 4.69) is 10.7 Å². The molecule has 3 nitrogen and oxygen atoms in total. The lowest BCUT2D eigenvalue weighted by Gasteiger charge is -2.28. The molecule has 1 aliphatic rings. The van der Waals surface area contributed by atoms with E-state index in [9.17, 15) is 13.2 Å². The standard InChI is InChI=1S/C7H13F3N2O/c1-12-4-2-3-5(12)6(13-11)7(8,9)10/h5-6H,2-4,11H2,1H3. The van der Waals surface area contributed by atoms with E-state index < -0.39 is 18.3 Å². The van der Waals surface area contributed by atoms with Crippen LogP contribution in [-0.2, 0) is 4.84 Å². The molecule has 1 heterocycles. The highest BCUT2D eigenvalue weighted by Gasteiger charge is 2.48. The summed E-state index contributed by atoms with van der Waals surface area (Å²) in [6, 6.07) is -0.634. The summed E-state index contributed by atoms with van der Waals surface area (Å²) in [5, 5.41) is 0. The van der Waals surface area contributed by atoms with Gasteiger partial charge < -0.3 is 4.90 Å². The van der Waals surface area contributed by atoms with Gasteiger partial charge in [-0.2, -0.15) is 13.2 Å². The number of halogens is 3. The molecule has 78 valence electrons.